The largest absolute Gasteiger partial charge is 0.353 e. The van der Waals surface area contributed by atoms with E-state index in [1.807, 2.05) is 36.4 Å². The summed E-state index contributed by atoms with van der Waals surface area (Å²) in [4.78, 5) is 14.5. The van der Waals surface area contributed by atoms with Gasteiger partial charge in [0.05, 0.1) is 11.6 Å². The van der Waals surface area contributed by atoms with Crippen LogP contribution in [0, 0.1) is 11.3 Å². The highest BCUT2D eigenvalue weighted by Crippen LogP contribution is 2.20. The first-order valence-electron chi connectivity index (χ1n) is 10.9. The van der Waals surface area contributed by atoms with Crippen LogP contribution in [0.4, 0.5) is 0 Å². The molecular weight excluding hydrogens is 382 g/mol. The molecule has 3 aromatic rings. The summed E-state index contributed by atoms with van der Waals surface area (Å²) >= 11 is 0. The average molecular weight is 410 g/mol. The molecule has 0 aliphatic carbocycles. The standard InChI is InChI=1S/C27H27N3O/c28-19-22-8-11-24-13-16-30(20-26(24)18-22)15-4-3-14-29-27(31)12-9-21-7-10-23-5-1-2-6-25(23)17-21/h1-2,5-12,17-18H,3-4,13-16,20H2,(H,29,31). The lowest BCUT2D eigenvalue weighted by molar-refractivity contribution is -0.116. The Bertz CT molecular complexity index is 1140. The van der Waals surface area contributed by atoms with Gasteiger partial charge in [-0.25, -0.2) is 0 Å². The molecule has 0 aromatic heterocycles. The van der Waals surface area contributed by atoms with Gasteiger partial charge in [-0.1, -0.05) is 42.5 Å². The predicted molar refractivity (Wildman–Crippen MR) is 125 cm³/mol. The first-order chi connectivity index (χ1) is 15.2. The van der Waals surface area contributed by atoms with Gasteiger partial charge in [0.2, 0.25) is 5.91 Å². The summed E-state index contributed by atoms with van der Waals surface area (Å²) < 4.78 is 0. The fourth-order valence-corrected chi connectivity index (χ4v) is 4.09. The number of hydrogen-bond acceptors (Lipinski definition) is 3. The van der Waals surface area contributed by atoms with Crippen LogP contribution in [-0.2, 0) is 17.8 Å². The lowest BCUT2D eigenvalue weighted by Gasteiger charge is -2.28. The Morgan fingerprint density at radius 2 is 1.90 bits per heavy atom. The molecular formula is C27H27N3O. The van der Waals surface area contributed by atoms with Gasteiger partial charge in [-0.15, -0.1) is 0 Å². The zero-order valence-electron chi connectivity index (χ0n) is 17.7. The third-order valence-corrected chi connectivity index (χ3v) is 5.83. The molecule has 156 valence electrons. The molecule has 0 saturated heterocycles. The van der Waals surface area contributed by atoms with E-state index in [0.29, 0.717) is 6.54 Å². The van der Waals surface area contributed by atoms with Crippen molar-refractivity contribution in [2.75, 3.05) is 19.6 Å². The second kappa shape index (κ2) is 10.1. The molecule has 0 fully saturated rings. The van der Waals surface area contributed by atoms with Crippen molar-refractivity contribution in [1.29, 1.82) is 5.26 Å². The van der Waals surface area contributed by atoms with Gasteiger partial charge >= 0.3 is 0 Å². The Balaban J connectivity index is 1.17. The molecule has 1 amide bonds. The van der Waals surface area contributed by atoms with E-state index in [2.05, 4.69) is 46.6 Å². The van der Waals surface area contributed by atoms with Crippen molar-refractivity contribution in [1.82, 2.24) is 10.2 Å². The monoisotopic (exact) mass is 409 g/mol. The zero-order valence-corrected chi connectivity index (χ0v) is 17.7. The second-order valence-electron chi connectivity index (χ2n) is 8.06. The van der Waals surface area contributed by atoms with Gasteiger partial charge in [0, 0.05) is 25.7 Å². The number of unbranched alkanes of at least 4 members (excludes halogenated alkanes) is 1. The summed E-state index contributed by atoms with van der Waals surface area (Å²) in [6.45, 7) is 3.66. The molecule has 0 radical (unpaired) electrons. The van der Waals surface area contributed by atoms with Crippen LogP contribution >= 0.6 is 0 Å². The van der Waals surface area contributed by atoms with Crippen molar-refractivity contribution in [2.24, 2.45) is 0 Å². The number of nitrogens with zero attached hydrogens (tertiary/aromatic N) is 2. The molecule has 4 heteroatoms. The number of carbonyl (C=O) groups excluding carboxylic acids is 1. The Kier molecular flexibility index (Phi) is 6.76. The second-order valence-corrected chi connectivity index (χ2v) is 8.06. The van der Waals surface area contributed by atoms with Crippen LogP contribution in [0.3, 0.4) is 0 Å². The van der Waals surface area contributed by atoms with Crippen molar-refractivity contribution in [2.45, 2.75) is 25.8 Å². The van der Waals surface area contributed by atoms with Gasteiger partial charge in [0.1, 0.15) is 0 Å². The average Bonchev–Trinajstić information content (AvgIpc) is 2.81. The molecule has 4 nitrogen and oxygen atoms in total. The van der Waals surface area contributed by atoms with Crippen molar-refractivity contribution in [3.63, 3.8) is 0 Å². The molecule has 0 saturated carbocycles. The molecule has 1 aliphatic rings. The highest BCUT2D eigenvalue weighted by atomic mass is 16.1. The van der Waals surface area contributed by atoms with E-state index in [-0.39, 0.29) is 5.91 Å². The van der Waals surface area contributed by atoms with Crippen molar-refractivity contribution >= 4 is 22.8 Å². The summed E-state index contributed by atoms with van der Waals surface area (Å²) in [5.41, 5.74) is 4.40. The summed E-state index contributed by atoms with van der Waals surface area (Å²) in [6, 6.07) is 22.7. The highest BCUT2D eigenvalue weighted by Gasteiger charge is 2.16. The number of nitrogens with one attached hydrogen (secondary N) is 1. The fourth-order valence-electron chi connectivity index (χ4n) is 4.09. The number of fused-ring (bicyclic) bond motifs is 2. The predicted octanol–water partition coefficient (Wildman–Crippen LogP) is 4.68. The minimum atomic E-state index is -0.0518. The smallest absolute Gasteiger partial charge is 0.243 e. The Morgan fingerprint density at radius 3 is 2.77 bits per heavy atom. The maximum atomic E-state index is 12.1. The molecule has 0 unspecified atom stereocenters. The van der Waals surface area contributed by atoms with Crippen LogP contribution < -0.4 is 5.32 Å². The maximum Gasteiger partial charge on any atom is 0.243 e. The van der Waals surface area contributed by atoms with Crippen molar-refractivity contribution < 1.29 is 4.79 Å². The maximum absolute atomic E-state index is 12.1. The Morgan fingerprint density at radius 1 is 1.03 bits per heavy atom. The van der Waals surface area contributed by atoms with Gasteiger partial charge in [0.15, 0.2) is 0 Å². The molecule has 31 heavy (non-hydrogen) atoms. The number of amides is 1. The summed E-state index contributed by atoms with van der Waals surface area (Å²) in [5.74, 6) is -0.0518. The van der Waals surface area contributed by atoms with Gasteiger partial charge < -0.3 is 5.32 Å². The van der Waals surface area contributed by atoms with Gasteiger partial charge in [-0.05, 0) is 77.5 Å². The topological polar surface area (TPSA) is 56.1 Å². The van der Waals surface area contributed by atoms with Crippen LogP contribution in [0.25, 0.3) is 16.8 Å². The molecule has 4 rings (SSSR count). The van der Waals surface area contributed by atoms with Crippen molar-refractivity contribution in [3.8, 4) is 6.07 Å². The fraction of sp³-hybridized carbons (Fsp3) is 0.259. The lowest BCUT2D eigenvalue weighted by Crippen LogP contribution is -2.32. The molecule has 0 bridgehead atoms. The molecule has 3 aromatic carbocycles. The summed E-state index contributed by atoms with van der Waals surface area (Å²) in [6.07, 6.45) is 6.51. The molecule has 1 N–H and O–H groups in total. The van der Waals surface area contributed by atoms with E-state index in [0.717, 1.165) is 50.0 Å². The number of benzene rings is 3. The van der Waals surface area contributed by atoms with Crippen LogP contribution in [0.15, 0.2) is 66.7 Å². The number of hydrogen-bond donors (Lipinski definition) is 1. The quantitative estimate of drug-likeness (QED) is 0.455. The third kappa shape index (κ3) is 5.59. The highest BCUT2D eigenvalue weighted by molar-refractivity contribution is 5.92. The van der Waals surface area contributed by atoms with Crippen molar-refractivity contribution in [3.05, 3.63) is 89.0 Å². The van der Waals surface area contributed by atoms with Crippen LogP contribution in [-0.4, -0.2) is 30.4 Å². The van der Waals surface area contributed by atoms with E-state index < -0.39 is 0 Å². The Labute approximate surface area is 183 Å². The number of carbonyl (C=O) groups is 1. The third-order valence-electron chi connectivity index (χ3n) is 5.83. The van der Waals surface area contributed by atoms with Crippen LogP contribution in [0.5, 0.6) is 0 Å². The molecule has 1 heterocycles. The first-order valence-corrected chi connectivity index (χ1v) is 10.9. The van der Waals surface area contributed by atoms with E-state index in [1.165, 1.54) is 21.9 Å². The van der Waals surface area contributed by atoms with Gasteiger partial charge in [-0.2, -0.15) is 5.26 Å². The van der Waals surface area contributed by atoms with E-state index in [1.54, 1.807) is 6.08 Å². The minimum Gasteiger partial charge on any atom is -0.353 e. The van der Waals surface area contributed by atoms with E-state index in [4.69, 9.17) is 5.26 Å². The van der Waals surface area contributed by atoms with Crippen LogP contribution in [0.2, 0.25) is 0 Å². The number of rotatable bonds is 7. The van der Waals surface area contributed by atoms with Gasteiger partial charge in [0.25, 0.3) is 0 Å². The minimum absolute atomic E-state index is 0.0518. The number of nitriles is 1. The zero-order chi connectivity index (χ0) is 21.5. The molecule has 0 spiro atoms. The molecule has 1 aliphatic heterocycles. The molecule has 0 atom stereocenters. The van der Waals surface area contributed by atoms with Gasteiger partial charge in [-0.3, -0.25) is 9.69 Å². The first kappa shape index (κ1) is 20.8. The normalized spacial score (nSPS) is 13.8. The summed E-state index contributed by atoms with van der Waals surface area (Å²) in [5, 5.41) is 14.4. The van der Waals surface area contributed by atoms with E-state index >= 15 is 0 Å². The Hall–Kier alpha value is -3.42. The summed E-state index contributed by atoms with van der Waals surface area (Å²) in [7, 11) is 0. The van der Waals surface area contributed by atoms with Crippen LogP contribution in [0.1, 0.15) is 35.1 Å². The SMILES string of the molecule is N#Cc1ccc2c(c1)CN(CCCCNC(=O)C=Cc1ccc3ccccc3c1)CC2. The van der Waals surface area contributed by atoms with E-state index in [9.17, 15) is 4.79 Å². The lowest BCUT2D eigenvalue weighted by atomic mass is 9.97.